The molecular formula is C17H14F6N4O. The van der Waals surface area contributed by atoms with Gasteiger partial charge in [-0.15, -0.1) is 0 Å². The first kappa shape index (κ1) is 19.9. The molecule has 0 atom stereocenters. The predicted octanol–water partition coefficient (Wildman–Crippen LogP) is 3.48. The molecular weight excluding hydrogens is 390 g/mol. The van der Waals surface area contributed by atoms with Gasteiger partial charge in [-0.1, -0.05) is 0 Å². The number of pyridine rings is 2. The van der Waals surface area contributed by atoms with E-state index in [1.165, 1.54) is 11.0 Å². The number of carbonyl (C=O) groups is 1. The highest BCUT2D eigenvalue weighted by atomic mass is 19.4. The van der Waals surface area contributed by atoms with Crippen molar-refractivity contribution in [3.8, 4) is 0 Å². The average molecular weight is 404 g/mol. The third-order valence-electron chi connectivity index (χ3n) is 4.27. The van der Waals surface area contributed by atoms with Gasteiger partial charge in [-0.25, -0.2) is 4.98 Å². The van der Waals surface area contributed by atoms with E-state index in [1.54, 1.807) is 4.90 Å². The van der Waals surface area contributed by atoms with Crippen LogP contribution in [0.15, 0.2) is 36.7 Å². The predicted molar refractivity (Wildman–Crippen MR) is 86.6 cm³/mol. The number of hydrogen-bond donors (Lipinski definition) is 0. The van der Waals surface area contributed by atoms with Gasteiger partial charge in [0.15, 0.2) is 0 Å². The molecule has 0 bridgehead atoms. The normalized spacial score (nSPS) is 15.6. The Morgan fingerprint density at radius 2 is 1.50 bits per heavy atom. The van der Waals surface area contributed by atoms with E-state index in [1.807, 2.05) is 0 Å². The zero-order valence-electron chi connectivity index (χ0n) is 14.3. The molecule has 3 rings (SSSR count). The van der Waals surface area contributed by atoms with Crippen LogP contribution in [0.1, 0.15) is 21.6 Å². The summed E-state index contributed by atoms with van der Waals surface area (Å²) in [4.78, 5) is 22.7. The fraction of sp³-hybridized carbons (Fsp3) is 0.353. The van der Waals surface area contributed by atoms with Crippen LogP contribution in [-0.2, 0) is 12.4 Å². The second-order valence-corrected chi connectivity index (χ2v) is 6.11. The lowest BCUT2D eigenvalue weighted by molar-refractivity contribution is -0.141. The van der Waals surface area contributed by atoms with Crippen LogP contribution >= 0.6 is 0 Å². The maximum atomic E-state index is 12.6. The minimum atomic E-state index is -4.58. The first-order valence-corrected chi connectivity index (χ1v) is 8.16. The summed E-state index contributed by atoms with van der Waals surface area (Å²) in [6.07, 6.45) is -7.41. The molecule has 0 N–H and O–H groups in total. The molecule has 5 nitrogen and oxygen atoms in total. The molecule has 0 radical (unpaired) electrons. The van der Waals surface area contributed by atoms with Gasteiger partial charge in [0.2, 0.25) is 0 Å². The van der Waals surface area contributed by atoms with Crippen molar-refractivity contribution in [2.75, 3.05) is 31.1 Å². The number of carbonyl (C=O) groups excluding carboxylic acids is 1. The smallest absolute Gasteiger partial charge is 0.353 e. The zero-order chi connectivity index (χ0) is 20.5. The van der Waals surface area contributed by atoms with Gasteiger partial charge < -0.3 is 9.80 Å². The molecule has 0 aromatic carbocycles. The molecule has 1 fully saturated rings. The Balaban J connectivity index is 1.61. The van der Waals surface area contributed by atoms with Gasteiger partial charge in [0.25, 0.3) is 5.91 Å². The molecule has 0 aliphatic carbocycles. The van der Waals surface area contributed by atoms with Gasteiger partial charge in [0.1, 0.15) is 11.5 Å². The van der Waals surface area contributed by atoms with Gasteiger partial charge in [0, 0.05) is 38.6 Å². The average Bonchev–Trinajstić information content (AvgIpc) is 2.66. The number of halogens is 6. The molecule has 0 saturated carbocycles. The van der Waals surface area contributed by atoms with Crippen molar-refractivity contribution >= 4 is 11.7 Å². The lowest BCUT2D eigenvalue weighted by Crippen LogP contribution is -2.49. The van der Waals surface area contributed by atoms with E-state index in [9.17, 15) is 31.1 Å². The number of piperazine rings is 1. The summed E-state index contributed by atoms with van der Waals surface area (Å²) in [5.74, 6) is -0.0995. The van der Waals surface area contributed by atoms with E-state index in [2.05, 4.69) is 9.97 Å². The van der Waals surface area contributed by atoms with Crippen LogP contribution in [-0.4, -0.2) is 47.0 Å². The third kappa shape index (κ3) is 4.34. The van der Waals surface area contributed by atoms with Crippen molar-refractivity contribution < 1.29 is 31.1 Å². The van der Waals surface area contributed by atoms with E-state index in [4.69, 9.17) is 0 Å². The Morgan fingerprint density at radius 1 is 0.821 bits per heavy atom. The van der Waals surface area contributed by atoms with E-state index < -0.39 is 29.5 Å². The van der Waals surface area contributed by atoms with Crippen LogP contribution in [0, 0.1) is 0 Å². The van der Waals surface area contributed by atoms with Crippen LogP contribution in [0.5, 0.6) is 0 Å². The fourth-order valence-electron chi connectivity index (χ4n) is 2.75. The molecule has 2 aromatic heterocycles. The van der Waals surface area contributed by atoms with Crippen LogP contribution in [0.4, 0.5) is 32.2 Å². The fourth-order valence-corrected chi connectivity index (χ4v) is 2.75. The number of nitrogens with zero attached hydrogens (tertiary/aromatic N) is 4. The minimum absolute atomic E-state index is 0.0362. The molecule has 28 heavy (non-hydrogen) atoms. The number of rotatable bonds is 2. The number of amides is 1. The number of alkyl halides is 6. The van der Waals surface area contributed by atoms with Crippen molar-refractivity contribution in [2.45, 2.75) is 12.4 Å². The number of anilines is 1. The summed E-state index contributed by atoms with van der Waals surface area (Å²) < 4.78 is 75.4. The van der Waals surface area contributed by atoms with Gasteiger partial charge in [-0.05, 0) is 24.3 Å². The monoisotopic (exact) mass is 404 g/mol. The maximum absolute atomic E-state index is 12.6. The standard InChI is InChI=1S/C17H14F6N4O/c18-16(19,20)12-2-4-14(25-10-12)26-5-7-27(8-6-26)15(28)11-1-3-13(24-9-11)17(21,22)23/h1-4,9-10H,5-8H2. The second kappa shape index (κ2) is 7.28. The lowest BCUT2D eigenvalue weighted by atomic mass is 10.2. The number of hydrogen-bond acceptors (Lipinski definition) is 4. The minimum Gasteiger partial charge on any atom is -0.353 e. The van der Waals surface area contributed by atoms with Crippen LogP contribution in [0.25, 0.3) is 0 Å². The van der Waals surface area contributed by atoms with E-state index in [0.717, 1.165) is 30.6 Å². The summed E-state index contributed by atoms with van der Waals surface area (Å²) in [5, 5.41) is 0. The zero-order valence-corrected chi connectivity index (χ0v) is 14.3. The molecule has 1 aliphatic heterocycles. The van der Waals surface area contributed by atoms with Gasteiger partial charge in [-0.3, -0.25) is 9.78 Å². The van der Waals surface area contributed by atoms with Gasteiger partial charge in [-0.2, -0.15) is 26.3 Å². The Hall–Kier alpha value is -2.85. The Bertz CT molecular complexity index is 825. The van der Waals surface area contributed by atoms with Crippen molar-refractivity contribution in [2.24, 2.45) is 0 Å². The van der Waals surface area contributed by atoms with E-state index >= 15 is 0 Å². The largest absolute Gasteiger partial charge is 0.433 e. The Morgan fingerprint density at radius 3 is 1.96 bits per heavy atom. The van der Waals surface area contributed by atoms with Crippen LogP contribution in [0.3, 0.4) is 0 Å². The van der Waals surface area contributed by atoms with Gasteiger partial charge >= 0.3 is 12.4 Å². The molecule has 150 valence electrons. The SMILES string of the molecule is O=C(c1ccc(C(F)(F)F)nc1)N1CCN(c2ccc(C(F)(F)F)cn2)CC1. The van der Waals surface area contributed by atoms with E-state index in [0.29, 0.717) is 18.9 Å². The maximum Gasteiger partial charge on any atom is 0.433 e. The van der Waals surface area contributed by atoms with E-state index in [-0.39, 0.29) is 18.7 Å². The summed E-state index contributed by atoms with van der Waals surface area (Å²) in [6, 6.07) is 4.02. The highest BCUT2D eigenvalue weighted by Gasteiger charge is 2.33. The summed E-state index contributed by atoms with van der Waals surface area (Å²) in [5.41, 5.74) is -1.89. The Kier molecular flexibility index (Phi) is 5.18. The topological polar surface area (TPSA) is 49.3 Å². The quantitative estimate of drug-likeness (QED) is 0.720. The number of aromatic nitrogens is 2. The molecule has 0 spiro atoms. The molecule has 1 aliphatic rings. The van der Waals surface area contributed by atoms with Crippen molar-refractivity contribution in [3.05, 3.63) is 53.5 Å². The summed E-state index contributed by atoms with van der Waals surface area (Å²) >= 11 is 0. The highest BCUT2D eigenvalue weighted by Crippen LogP contribution is 2.30. The second-order valence-electron chi connectivity index (χ2n) is 6.11. The highest BCUT2D eigenvalue weighted by molar-refractivity contribution is 5.94. The first-order chi connectivity index (χ1) is 13.1. The Labute approximate surface area is 155 Å². The van der Waals surface area contributed by atoms with Crippen molar-refractivity contribution in [3.63, 3.8) is 0 Å². The van der Waals surface area contributed by atoms with Crippen LogP contribution in [0.2, 0.25) is 0 Å². The molecule has 2 aromatic rings. The summed E-state index contributed by atoms with van der Waals surface area (Å²) in [7, 11) is 0. The van der Waals surface area contributed by atoms with Gasteiger partial charge in [0.05, 0.1) is 11.1 Å². The third-order valence-corrected chi connectivity index (χ3v) is 4.27. The summed E-state index contributed by atoms with van der Waals surface area (Å²) in [6.45, 7) is 1.17. The first-order valence-electron chi connectivity index (χ1n) is 8.16. The molecule has 3 heterocycles. The van der Waals surface area contributed by atoms with Crippen molar-refractivity contribution in [1.29, 1.82) is 0 Å². The molecule has 0 unspecified atom stereocenters. The molecule has 1 saturated heterocycles. The lowest BCUT2D eigenvalue weighted by Gasteiger charge is -2.35. The van der Waals surface area contributed by atoms with Crippen LogP contribution < -0.4 is 4.90 Å². The molecule has 1 amide bonds. The van der Waals surface area contributed by atoms with Crippen molar-refractivity contribution in [1.82, 2.24) is 14.9 Å². The molecule has 11 heteroatoms.